The van der Waals surface area contributed by atoms with Crippen LogP contribution >= 0.6 is 11.3 Å². The molecule has 5 heterocycles. The fraction of sp³-hybridized carbons (Fsp3) is 0.357. The zero-order chi connectivity index (χ0) is 25.4. The number of fused-ring (bicyclic) bond motifs is 5. The summed E-state index contributed by atoms with van der Waals surface area (Å²) in [5.41, 5.74) is 4.82. The maximum Gasteiger partial charge on any atom is 0.293 e. The van der Waals surface area contributed by atoms with Crippen LogP contribution in [0.25, 0.3) is 44.6 Å². The minimum absolute atomic E-state index is 0. The first kappa shape index (κ1) is 23.8. The van der Waals surface area contributed by atoms with Crippen LogP contribution in [0.3, 0.4) is 0 Å². The van der Waals surface area contributed by atoms with Gasteiger partial charge in [-0.15, -0.1) is 0 Å². The van der Waals surface area contributed by atoms with E-state index in [9.17, 15) is 9.18 Å². The highest BCUT2D eigenvalue weighted by atomic mass is 32.1. The van der Waals surface area contributed by atoms with E-state index < -0.39 is 0 Å². The number of carbonyl (C=O) groups is 1. The lowest BCUT2D eigenvalue weighted by atomic mass is 9.68. The largest absolute Gasteiger partial charge is 0.468 e. The summed E-state index contributed by atoms with van der Waals surface area (Å²) in [4.78, 5) is 26.2. The van der Waals surface area contributed by atoms with Crippen molar-refractivity contribution in [2.45, 2.75) is 45.1 Å². The van der Waals surface area contributed by atoms with Gasteiger partial charge in [0.2, 0.25) is 0 Å². The zero-order valence-corrected chi connectivity index (χ0v) is 21.4. The normalized spacial score (nSPS) is 20.6. The topological polar surface area (TPSA) is 85.7 Å². The molecule has 0 unspecified atom stereocenters. The molecular weight excluding hydrogens is 489 g/mol. The Kier molecular flexibility index (Phi) is 6.46. The van der Waals surface area contributed by atoms with Crippen molar-refractivity contribution in [1.29, 1.82) is 0 Å². The predicted molar refractivity (Wildman–Crippen MR) is 145 cm³/mol. The number of ether oxygens (including phenoxy) is 1. The summed E-state index contributed by atoms with van der Waals surface area (Å²) in [5.74, 6) is 1.79. The van der Waals surface area contributed by atoms with Gasteiger partial charge in [0.25, 0.3) is 6.47 Å². The minimum atomic E-state index is -0.360. The van der Waals surface area contributed by atoms with Crippen LogP contribution in [0.1, 0.15) is 46.5 Å². The third kappa shape index (κ3) is 4.41. The first-order valence-electron chi connectivity index (χ1n) is 12.7. The van der Waals surface area contributed by atoms with Gasteiger partial charge < -0.3 is 14.3 Å². The summed E-state index contributed by atoms with van der Waals surface area (Å²) >= 11 is 1.71. The molecule has 8 rings (SSSR count). The lowest BCUT2D eigenvalue weighted by Crippen LogP contribution is -2.32. The van der Waals surface area contributed by atoms with Gasteiger partial charge in [0.15, 0.2) is 5.82 Å². The molecule has 1 atom stereocenters. The third-order valence-corrected chi connectivity index (χ3v) is 8.43. The van der Waals surface area contributed by atoms with Gasteiger partial charge in [0.05, 0.1) is 12.8 Å². The molecule has 3 aliphatic carbocycles. The van der Waals surface area contributed by atoms with Gasteiger partial charge in [0.1, 0.15) is 17.1 Å². The fourth-order valence-electron chi connectivity index (χ4n) is 5.97. The van der Waals surface area contributed by atoms with Crippen LogP contribution in [0.2, 0.25) is 0 Å². The Morgan fingerprint density at radius 1 is 1.22 bits per heavy atom. The monoisotopic (exact) mass is 519 g/mol. The molecule has 0 radical (unpaired) electrons. The summed E-state index contributed by atoms with van der Waals surface area (Å²) in [6.07, 6.45) is 13.9. The van der Waals surface area contributed by atoms with Crippen LogP contribution in [0, 0.1) is 17.7 Å². The van der Waals surface area contributed by atoms with E-state index >= 15 is 0 Å². The molecule has 1 N–H and O–H groups in total. The predicted octanol–water partition coefficient (Wildman–Crippen LogP) is 7.02. The molecule has 5 aromatic rings. The second-order valence-corrected chi connectivity index (χ2v) is 10.6. The summed E-state index contributed by atoms with van der Waals surface area (Å²) in [6.45, 7) is 2.66. The summed E-state index contributed by atoms with van der Waals surface area (Å²) in [7, 11) is 0. The second kappa shape index (κ2) is 10.0. The molecule has 0 amide bonds. The van der Waals surface area contributed by atoms with Crippen LogP contribution in [-0.4, -0.2) is 37.6 Å². The van der Waals surface area contributed by atoms with E-state index in [-0.39, 0.29) is 7.24 Å². The quantitative estimate of drug-likeness (QED) is 0.252. The van der Waals surface area contributed by atoms with Gasteiger partial charge in [-0.3, -0.25) is 4.79 Å². The third-order valence-electron chi connectivity index (χ3n) is 7.74. The molecule has 5 aromatic heterocycles. The van der Waals surface area contributed by atoms with Crippen molar-refractivity contribution in [1.82, 2.24) is 24.5 Å². The molecule has 37 heavy (non-hydrogen) atoms. The van der Waals surface area contributed by atoms with Crippen LogP contribution in [0.4, 0.5) is 4.39 Å². The number of carbonyl (C=O) groups excluding carboxylic acids is 1. The van der Waals surface area contributed by atoms with Crippen molar-refractivity contribution in [2.24, 2.45) is 11.8 Å². The Labute approximate surface area is 219 Å². The molecule has 0 aliphatic heterocycles. The number of thiophene rings is 1. The van der Waals surface area contributed by atoms with E-state index in [2.05, 4.69) is 42.3 Å². The number of halogens is 1. The van der Waals surface area contributed by atoms with E-state index in [0.29, 0.717) is 36.0 Å². The van der Waals surface area contributed by atoms with Crippen LogP contribution < -0.4 is 0 Å². The average molecular weight is 520 g/mol. The molecule has 3 fully saturated rings. The van der Waals surface area contributed by atoms with Gasteiger partial charge in [-0.2, -0.15) is 11.3 Å². The zero-order valence-electron chi connectivity index (χ0n) is 20.6. The van der Waals surface area contributed by atoms with Crippen molar-refractivity contribution in [2.75, 3.05) is 6.61 Å². The van der Waals surface area contributed by atoms with Crippen LogP contribution in [0.5, 0.6) is 0 Å². The highest BCUT2D eigenvalue weighted by molar-refractivity contribution is 7.08. The second-order valence-electron chi connectivity index (χ2n) is 9.78. The number of nitrogens with one attached hydrogen (secondary N) is 1. The van der Waals surface area contributed by atoms with Gasteiger partial charge in [-0.1, -0.05) is 12.8 Å². The van der Waals surface area contributed by atoms with E-state index in [0.717, 1.165) is 28.4 Å². The molecule has 0 aromatic carbocycles. The molecule has 3 aliphatic rings. The average Bonchev–Trinajstić information content (AvgIpc) is 3.68. The van der Waals surface area contributed by atoms with Crippen molar-refractivity contribution in [3.8, 4) is 22.5 Å². The Balaban J connectivity index is 0.000000452. The van der Waals surface area contributed by atoms with Gasteiger partial charge in [-0.25, -0.2) is 19.3 Å². The van der Waals surface area contributed by atoms with Gasteiger partial charge in [-0.05, 0) is 66.5 Å². The highest BCUT2D eigenvalue weighted by Gasteiger charge is 2.37. The fourth-order valence-corrected chi connectivity index (χ4v) is 6.63. The number of hydrogen-bond donors (Lipinski definition) is 1. The molecule has 0 spiro atoms. The Hall–Kier alpha value is -3.59. The standard InChI is InChI=1S/C25H22FN5S.C3H6O2.H2/c26-17-8-18-19(10-28-23(18)27-9-17)24-29-11-20-21(16-5-6-32-13-16)12-31(25(20)30-24)22-7-14-1-3-15(22)4-2-14;1-2-5-3-4;/h5-6,8-15,22H,1-4,7H2,(H,27,28);3H,2H2,1H3;1H/t14?,15?,22-;;/m0../s1. The first-order chi connectivity index (χ1) is 18.2. The van der Waals surface area contributed by atoms with Gasteiger partial charge in [0, 0.05) is 48.0 Å². The lowest BCUT2D eigenvalue weighted by molar-refractivity contribution is -0.128. The van der Waals surface area contributed by atoms with Crippen molar-refractivity contribution in [3.63, 3.8) is 0 Å². The van der Waals surface area contributed by atoms with Crippen LogP contribution in [0.15, 0.2) is 47.7 Å². The summed E-state index contributed by atoms with van der Waals surface area (Å²) < 4.78 is 20.5. The molecular formula is C28H30FN5O2S. The Bertz CT molecular complexity index is 1540. The SMILES string of the molecule is CCOC=O.Fc1cnc2[nH]cc(-c3ncc4c(-c5ccsc5)cn([C@H]5CC6CCC5CC6)c4n3)c2c1.[HH]. The van der Waals surface area contributed by atoms with Crippen LogP contribution in [-0.2, 0) is 9.53 Å². The molecule has 192 valence electrons. The van der Waals surface area contributed by atoms with Crippen molar-refractivity contribution in [3.05, 3.63) is 53.5 Å². The van der Waals surface area contributed by atoms with E-state index in [1.165, 1.54) is 55.5 Å². The molecule has 3 saturated carbocycles. The molecule has 0 saturated heterocycles. The number of H-pyrrole nitrogens is 1. The number of hydrogen-bond acceptors (Lipinski definition) is 6. The smallest absolute Gasteiger partial charge is 0.293 e. The van der Waals surface area contributed by atoms with Gasteiger partial charge >= 0.3 is 0 Å². The molecule has 2 bridgehead atoms. The van der Waals surface area contributed by atoms with E-state index in [1.807, 2.05) is 12.4 Å². The number of nitrogens with zero attached hydrogens (tertiary/aromatic N) is 4. The minimum Gasteiger partial charge on any atom is -0.468 e. The maximum atomic E-state index is 13.9. The summed E-state index contributed by atoms with van der Waals surface area (Å²) in [6, 6.07) is 4.15. The number of pyridine rings is 1. The Morgan fingerprint density at radius 3 is 2.76 bits per heavy atom. The lowest BCUT2D eigenvalue weighted by Gasteiger charge is -2.43. The first-order valence-corrected chi connectivity index (χ1v) is 13.7. The number of rotatable bonds is 5. The van der Waals surface area contributed by atoms with E-state index in [1.54, 1.807) is 18.3 Å². The number of aromatic amines is 1. The number of aromatic nitrogens is 5. The molecule has 7 nitrogen and oxygen atoms in total. The highest BCUT2D eigenvalue weighted by Crippen LogP contribution is 2.49. The summed E-state index contributed by atoms with van der Waals surface area (Å²) in [5, 5.41) is 6.09. The Morgan fingerprint density at radius 2 is 2.08 bits per heavy atom. The maximum absolute atomic E-state index is 13.9. The molecule has 9 heteroatoms. The van der Waals surface area contributed by atoms with Crippen molar-refractivity contribution >= 4 is 39.9 Å². The van der Waals surface area contributed by atoms with Crippen molar-refractivity contribution < 1.29 is 15.3 Å². The van der Waals surface area contributed by atoms with E-state index in [4.69, 9.17) is 9.97 Å².